The lowest BCUT2D eigenvalue weighted by Gasteiger charge is -2.40. The van der Waals surface area contributed by atoms with Crippen molar-refractivity contribution < 1.29 is 9.53 Å². The number of fused-ring (bicyclic) bond motifs is 3. The second-order valence-electron chi connectivity index (χ2n) is 7.38. The Balaban J connectivity index is 1.73. The van der Waals surface area contributed by atoms with Crippen molar-refractivity contribution in [3.8, 4) is 5.75 Å². The predicted molar refractivity (Wildman–Crippen MR) is 104 cm³/mol. The van der Waals surface area contributed by atoms with Gasteiger partial charge >= 0.3 is 0 Å². The van der Waals surface area contributed by atoms with E-state index in [1.54, 1.807) is 0 Å². The molecule has 0 bridgehead atoms. The summed E-state index contributed by atoms with van der Waals surface area (Å²) in [7, 11) is 0. The van der Waals surface area contributed by atoms with Gasteiger partial charge in [0.15, 0.2) is 0 Å². The number of carbonyl (C=O) groups is 1. The summed E-state index contributed by atoms with van der Waals surface area (Å²) in [4.78, 5) is 14.5. The van der Waals surface area contributed by atoms with E-state index in [2.05, 4.69) is 54.4 Å². The van der Waals surface area contributed by atoms with Crippen LogP contribution in [0.4, 0.5) is 5.69 Å². The van der Waals surface area contributed by atoms with Gasteiger partial charge < -0.3 is 15.0 Å². The van der Waals surface area contributed by atoms with E-state index in [1.807, 2.05) is 37.3 Å². The largest absolute Gasteiger partial charge is 0.494 e. The van der Waals surface area contributed by atoms with Gasteiger partial charge in [0.2, 0.25) is 5.91 Å². The van der Waals surface area contributed by atoms with Crippen molar-refractivity contribution in [1.82, 2.24) is 5.32 Å². The number of hydrogen-bond acceptors (Lipinski definition) is 3. The Morgan fingerprint density at radius 3 is 2.62 bits per heavy atom. The van der Waals surface area contributed by atoms with Gasteiger partial charge in [0, 0.05) is 11.1 Å². The fourth-order valence-electron chi connectivity index (χ4n) is 4.20. The van der Waals surface area contributed by atoms with Crippen LogP contribution in [0.1, 0.15) is 31.9 Å². The summed E-state index contributed by atoms with van der Waals surface area (Å²) in [5.41, 5.74) is 2.68. The van der Waals surface area contributed by atoms with Crippen LogP contribution in [0.3, 0.4) is 0 Å². The van der Waals surface area contributed by atoms with Crippen molar-refractivity contribution in [2.24, 2.45) is 0 Å². The van der Waals surface area contributed by atoms with Gasteiger partial charge in [-0.15, -0.1) is 0 Å². The smallest absolute Gasteiger partial charge is 0.241 e. The van der Waals surface area contributed by atoms with Crippen molar-refractivity contribution in [2.75, 3.05) is 18.1 Å². The molecule has 0 radical (unpaired) electrons. The summed E-state index contributed by atoms with van der Waals surface area (Å²) in [6, 6.07) is 16.4. The van der Waals surface area contributed by atoms with Crippen molar-refractivity contribution >= 4 is 17.7 Å². The molecule has 0 aromatic heterocycles. The van der Waals surface area contributed by atoms with Crippen LogP contribution in [0, 0.1) is 0 Å². The fourth-order valence-corrected chi connectivity index (χ4v) is 4.20. The maximum Gasteiger partial charge on any atom is 0.241 e. The molecule has 1 N–H and O–H groups in total. The molecule has 26 heavy (non-hydrogen) atoms. The monoisotopic (exact) mass is 348 g/mol. The average Bonchev–Trinajstić information content (AvgIpc) is 3.06. The summed E-state index contributed by atoms with van der Waals surface area (Å²) in [5, 5.41) is 3.24. The quantitative estimate of drug-likeness (QED) is 0.915. The molecule has 0 saturated carbocycles. The number of para-hydroxylation sites is 1. The Hall–Kier alpha value is -2.75. The van der Waals surface area contributed by atoms with Crippen LogP contribution in [0.5, 0.6) is 5.75 Å². The summed E-state index contributed by atoms with van der Waals surface area (Å²) in [6.45, 7) is 7.41. The summed E-state index contributed by atoms with van der Waals surface area (Å²) in [6.07, 6.45) is 4.22. The van der Waals surface area contributed by atoms with E-state index in [0.29, 0.717) is 13.2 Å². The Kier molecular flexibility index (Phi) is 3.79. The summed E-state index contributed by atoms with van der Waals surface area (Å²) < 4.78 is 5.51. The molecular formula is C22H24N2O2. The minimum atomic E-state index is -0.549. The number of anilines is 1. The Labute approximate surface area is 154 Å². The summed E-state index contributed by atoms with van der Waals surface area (Å²) in [5.74, 6) is 0.927. The molecule has 2 aliphatic rings. The molecule has 1 fully saturated rings. The molecule has 2 heterocycles. The van der Waals surface area contributed by atoms with Crippen LogP contribution < -0.4 is 15.0 Å². The maximum atomic E-state index is 12.3. The fraction of sp³-hybridized carbons (Fsp3) is 0.318. The topological polar surface area (TPSA) is 41.6 Å². The minimum absolute atomic E-state index is 0.0592. The van der Waals surface area contributed by atoms with Crippen LogP contribution in [0.2, 0.25) is 0 Å². The first-order chi connectivity index (χ1) is 12.5. The van der Waals surface area contributed by atoms with Gasteiger partial charge in [-0.3, -0.25) is 4.79 Å². The number of nitrogens with zero attached hydrogens (tertiary/aromatic N) is 1. The highest BCUT2D eigenvalue weighted by Crippen LogP contribution is 2.52. The molecule has 2 aliphatic heterocycles. The first-order valence-corrected chi connectivity index (χ1v) is 9.08. The van der Waals surface area contributed by atoms with Crippen LogP contribution in [0.15, 0.2) is 54.6 Å². The third-order valence-corrected chi connectivity index (χ3v) is 5.59. The van der Waals surface area contributed by atoms with Gasteiger partial charge in [0.05, 0.1) is 13.2 Å². The van der Waals surface area contributed by atoms with Gasteiger partial charge in [0.1, 0.15) is 11.4 Å². The van der Waals surface area contributed by atoms with Crippen LogP contribution in [0.25, 0.3) is 6.08 Å². The van der Waals surface area contributed by atoms with E-state index >= 15 is 0 Å². The third-order valence-electron chi connectivity index (χ3n) is 5.59. The Morgan fingerprint density at radius 2 is 1.88 bits per heavy atom. The van der Waals surface area contributed by atoms with Gasteiger partial charge in [-0.2, -0.15) is 0 Å². The van der Waals surface area contributed by atoms with E-state index in [1.165, 1.54) is 5.56 Å². The van der Waals surface area contributed by atoms with Crippen LogP contribution in [-0.2, 0) is 10.2 Å². The van der Waals surface area contributed by atoms with Crippen molar-refractivity contribution in [3.05, 3.63) is 65.7 Å². The number of benzene rings is 2. The molecule has 2 aromatic carbocycles. The van der Waals surface area contributed by atoms with E-state index in [9.17, 15) is 4.79 Å². The zero-order valence-corrected chi connectivity index (χ0v) is 15.5. The Bertz CT molecular complexity index is 870. The van der Waals surface area contributed by atoms with E-state index < -0.39 is 5.66 Å². The molecule has 1 saturated heterocycles. The highest BCUT2D eigenvalue weighted by atomic mass is 16.5. The van der Waals surface area contributed by atoms with Crippen molar-refractivity contribution in [3.63, 3.8) is 0 Å². The SMILES string of the molecule is CCOc1ccc(C=CC23NC(=O)CN2c2ccccc2C3(C)C)cc1. The lowest BCUT2D eigenvalue weighted by atomic mass is 9.75. The standard InChI is InChI=1S/C22H24N2O2/c1-4-26-17-11-9-16(10-12-17)13-14-22-21(2,3)18-7-5-6-8-19(18)24(22)15-20(25)23-22/h5-14H,4,15H2,1-3H3,(H,23,25). The predicted octanol–water partition coefficient (Wildman–Crippen LogP) is 3.72. The highest BCUT2D eigenvalue weighted by molar-refractivity contribution is 5.91. The first-order valence-electron chi connectivity index (χ1n) is 9.08. The molecule has 0 aliphatic carbocycles. The normalized spacial score (nSPS) is 23.0. The number of nitrogens with one attached hydrogen (secondary N) is 1. The van der Waals surface area contributed by atoms with Crippen molar-refractivity contribution in [1.29, 1.82) is 0 Å². The summed E-state index contributed by atoms with van der Waals surface area (Å²) >= 11 is 0. The molecule has 134 valence electrons. The number of amides is 1. The first kappa shape index (κ1) is 16.7. The van der Waals surface area contributed by atoms with Gasteiger partial charge in [-0.05, 0) is 42.3 Å². The molecule has 2 aromatic rings. The van der Waals surface area contributed by atoms with E-state index in [0.717, 1.165) is 17.0 Å². The van der Waals surface area contributed by atoms with Gasteiger partial charge in [-0.1, -0.05) is 50.3 Å². The Morgan fingerprint density at radius 1 is 1.15 bits per heavy atom. The minimum Gasteiger partial charge on any atom is -0.494 e. The number of rotatable bonds is 4. The molecule has 1 amide bonds. The average molecular weight is 348 g/mol. The lowest BCUT2D eigenvalue weighted by molar-refractivity contribution is -0.118. The van der Waals surface area contributed by atoms with E-state index in [-0.39, 0.29) is 11.3 Å². The molecule has 1 atom stereocenters. The van der Waals surface area contributed by atoms with Gasteiger partial charge in [-0.25, -0.2) is 0 Å². The molecule has 4 rings (SSSR count). The molecule has 0 spiro atoms. The molecule has 4 heteroatoms. The highest BCUT2D eigenvalue weighted by Gasteiger charge is 2.59. The van der Waals surface area contributed by atoms with Crippen LogP contribution in [-0.4, -0.2) is 24.7 Å². The third kappa shape index (κ3) is 2.32. The van der Waals surface area contributed by atoms with Crippen molar-refractivity contribution in [2.45, 2.75) is 31.8 Å². The number of carbonyl (C=O) groups excluding carboxylic acids is 1. The number of hydrogen-bond donors (Lipinski definition) is 1. The second-order valence-corrected chi connectivity index (χ2v) is 7.38. The second kappa shape index (κ2) is 5.90. The van der Waals surface area contributed by atoms with E-state index in [4.69, 9.17) is 4.74 Å². The zero-order chi connectivity index (χ0) is 18.4. The number of ether oxygens (including phenoxy) is 1. The molecule has 4 nitrogen and oxygen atoms in total. The molecular weight excluding hydrogens is 324 g/mol. The van der Waals surface area contributed by atoms with Gasteiger partial charge in [0.25, 0.3) is 0 Å². The lowest BCUT2D eigenvalue weighted by Crippen LogP contribution is -2.58. The maximum absolute atomic E-state index is 12.3. The molecule has 1 unspecified atom stereocenters. The van der Waals surface area contributed by atoms with Crippen LogP contribution >= 0.6 is 0 Å². The zero-order valence-electron chi connectivity index (χ0n) is 15.5.